The second kappa shape index (κ2) is 5.53. The minimum absolute atomic E-state index is 0.754. The van der Waals surface area contributed by atoms with Gasteiger partial charge in [0.15, 0.2) is 0 Å². The second-order valence-corrected chi connectivity index (χ2v) is 5.51. The summed E-state index contributed by atoms with van der Waals surface area (Å²) in [5, 5.41) is 3.46. The number of rotatable bonds is 3. The minimum Gasteiger partial charge on any atom is -0.379 e. The molecule has 2 aromatic rings. The van der Waals surface area contributed by atoms with E-state index in [0.717, 1.165) is 16.7 Å². The molecule has 0 aliphatic carbocycles. The van der Waals surface area contributed by atoms with Crippen molar-refractivity contribution in [3.05, 3.63) is 57.3 Å². The van der Waals surface area contributed by atoms with Crippen molar-refractivity contribution in [1.82, 2.24) is 4.98 Å². The SMILES string of the molecule is Cc1ccc(CNc2c(C)cc(Br)cc2C)nc1. The zero-order valence-electron chi connectivity index (χ0n) is 10.9. The summed E-state index contributed by atoms with van der Waals surface area (Å²) in [6.07, 6.45) is 1.90. The van der Waals surface area contributed by atoms with Crippen molar-refractivity contribution in [3.63, 3.8) is 0 Å². The molecule has 0 amide bonds. The van der Waals surface area contributed by atoms with E-state index in [1.165, 1.54) is 22.4 Å². The molecule has 2 nitrogen and oxygen atoms in total. The highest BCUT2D eigenvalue weighted by Crippen LogP contribution is 2.25. The quantitative estimate of drug-likeness (QED) is 0.910. The smallest absolute Gasteiger partial charge is 0.0594 e. The Bertz CT molecular complexity index is 524. The van der Waals surface area contributed by atoms with Gasteiger partial charge in [-0.1, -0.05) is 22.0 Å². The zero-order valence-corrected chi connectivity index (χ0v) is 12.5. The molecule has 1 aromatic heterocycles. The summed E-state index contributed by atoms with van der Waals surface area (Å²) in [4.78, 5) is 4.40. The lowest BCUT2D eigenvalue weighted by atomic mass is 10.1. The number of hydrogen-bond donors (Lipinski definition) is 1. The lowest BCUT2D eigenvalue weighted by Crippen LogP contribution is -2.04. The highest BCUT2D eigenvalue weighted by Gasteiger charge is 2.04. The van der Waals surface area contributed by atoms with Gasteiger partial charge in [-0.3, -0.25) is 4.98 Å². The molecule has 18 heavy (non-hydrogen) atoms. The summed E-state index contributed by atoms with van der Waals surface area (Å²) in [5.74, 6) is 0. The molecule has 0 spiro atoms. The summed E-state index contributed by atoms with van der Waals surface area (Å²) in [6.45, 7) is 7.03. The molecule has 1 aromatic carbocycles. The molecule has 0 fully saturated rings. The van der Waals surface area contributed by atoms with Gasteiger partial charge in [-0.25, -0.2) is 0 Å². The van der Waals surface area contributed by atoms with E-state index in [-0.39, 0.29) is 0 Å². The number of pyridine rings is 1. The average Bonchev–Trinajstić information content (AvgIpc) is 2.30. The third-order valence-electron chi connectivity index (χ3n) is 2.92. The summed E-state index contributed by atoms with van der Waals surface area (Å²) >= 11 is 3.51. The Labute approximate surface area is 117 Å². The van der Waals surface area contributed by atoms with Gasteiger partial charge < -0.3 is 5.32 Å². The van der Waals surface area contributed by atoms with Crippen molar-refractivity contribution in [2.45, 2.75) is 27.3 Å². The van der Waals surface area contributed by atoms with E-state index in [0.29, 0.717) is 0 Å². The van der Waals surface area contributed by atoms with Gasteiger partial charge in [-0.2, -0.15) is 0 Å². The number of nitrogens with zero attached hydrogens (tertiary/aromatic N) is 1. The Kier molecular flexibility index (Phi) is 4.02. The molecule has 1 heterocycles. The van der Waals surface area contributed by atoms with Crippen LogP contribution in [-0.2, 0) is 6.54 Å². The zero-order chi connectivity index (χ0) is 13.1. The van der Waals surface area contributed by atoms with E-state index < -0.39 is 0 Å². The number of halogens is 1. The van der Waals surface area contributed by atoms with Crippen molar-refractivity contribution >= 4 is 21.6 Å². The maximum atomic E-state index is 4.40. The molecule has 0 saturated heterocycles. The van der Waals surface area contributed by atoms with Gasteiger partial charge >= 0.3 is 0 Å². The van der Waals surface area contributed by atoms with Gasteiger partial charge in [-0.05, 0) is 55.7 Å². The molecular weight excluding hydrogens is 288 g/mol. The molecule has 0 aliphatic heterocycles. The van der Waals surface area contributed by atoms with Crippen LogP contribution in [0.5, 0.6) is 0 Å². The molecule has 0 aliphatic rings. The number of hydrogen-bond acceptors (Lipinski definition) is 2. The lowest BCUT2D eigenvalue weighted by molar-refractivity contribution is 1.03. The fourth-order valence-electron chi connectivity index (χ4n) is 1.97. The largest absolute Gasteiger partial charge is 0.379 e. The fraction of sp³-hybridized carbons (Fsp3) is 0.267. The predicted molar refractivity (Wildman–Crippen MR) is 79.9 cm³/mol. The number of anilines is 1. The molecule has 2 rings (SSSR count). The highest BCUT2D eigenvalue weighted by molar-refractivity contribution is 9.10. The first kappa shape index (κ1) is 13.1. The number of benzene rings is 1. The van der Waals surface area contributed by atoms with E-state index >= 15 is 0 Å². The van der Waals surface area contributed by atoms with Crippen molar-refractivity contribution in [2.75, 3.05) is 5.32 Å². The van der Waals surface area contributed by atoms with Crippen molar-refractivity contribution < 1.29 is 0 Å². The van der Waals surface area contributed by atoms with Gasteiger partial charge in [-0.15, -0.1) is 0 Å². The average molecular weight is 305 g/mol. The first-order valence-electron chi connectivity index (χ1n) is 5.98. The summed E-state index contributed by atoms with van der Waals surface area (Å²) in [7, 11) is 0. The summed E-state index contributed by atoms with van der Waals surface area (Å²) in [5.41, 5.74) is 5.93. The van der Waals surface area contributed by atoms with E-state index in [9.17, 15) is 0 Å². The Morgan fingerprint density at radius 2 is 1.78 bits per heavy atom. The van der Waals surface area contributed by atoms with Crippen LogP contribution in [-0.4, -0.2) is 4.98 Å². The monoisotopic (exact) mass is 304 g/mol. The van der Waals surface area contributed by atoms with Crippen LogP contribution in [0, 0.1) is 20.8 Å². The lowest BCUT2D eigenvalue weighted by Gasteiger charge is -2.13. The topological polar surface area (TPSA) is 24.9 Å². The molecule has 0 radical (unpaired) electrons. The first-order valence-corrected chi connectivity index (χ1v) is 6.77. The van der Waals surface area contributed by atoms with Crippen LogP contribution in [0.25, 0.3) is 0 Å². The molecule has 0 saturated carbocycles. The third-order valence-corrected chi connectivity index (χ3v) is 3.37. The van der Waals surface area contributed by atoms with Gasteiger partial charge in [0.1, 0.15) is 0 Å². The second-order valence-electron chi connectivity index (χ2n) is 4.60. The number of aromatic nitrogens is 1. The van der Waals surface area contributed by atoms with Crippen molar-refractivity contribution in [2.24, 2.45) is 0 Å². The van der Waals surface area contributed by atoms with Crippen LogP contribution in [0.2, 0.25) is 0 Å². The van der Waals surface area contributed by atoms with Crippen LogP contribution in [0.3, 0.4) is 0 Å². The number of nitrogens with one attached hydrogen (secondary N) is 1. The van der Waals surface area contributed by atoms with E-state index in [4.69, 9.17) is 0 Å². The third kappa shape index (κ3) is 3.10. The Hall–Kier alpha value is -1.35. The van der Waals surface area contributed by atoms with Crippen LogP contribution >= 0.6 is 15.9 Å². The van der Waals surface area contributed by atoms with Crippen molar-refractivity contribution in [1.29, 1.82) is 0 Å². The standard InChI is InChI=1S/C15H17BrN2/c1-10-4-5-14(17-8-10)9-18-15-11(2)6-13(16)7-12(15)3/h4-8,18H,9H2,1-3H3. The number of aryl methyl sites for hydroxylation is 3. The molecule has 3 heteroatoms. The van der Waals surface area contributed by atoms with Crippen LogP contribution in [0.1, 0.15) is 22.4 Å². The first-order chi connectivity index (χ1) is 8.56. The van der Waals surface area contributed by atoms with Crippen LogP contribution in [0.4, 0.5) is 5.69 Å². The Morgan fingerprint density at radius 1 is 1.11 bits per heavy atom. The maximum absolute atomic E-state index is 4.40. The molecule has 0 atom stereocenters. The van der Waals surface area contributed by atoms with Crippen LogP contribution in [0.15, 0.2) is 34.9 Å². The van der Waals surface area contributed by atoms with Gasteiger partial charge in [0, 0.05) is 16.4 Å². The normalized spacial score (nSPS) is 10.4. The molecule has 94 valence electrons. The molecule has 0 unspecified atom stereocenters. The highest BCUT2D eigenvalue weighted by atomic mass is 79.9. The van der Waals surface area contributed by atoms with E-state index in [1.807, 2.05) is 13.1 Å². The molecular formula is C15H17BrN2. The summed E-state index contributed by atoms with van der Waals surface area (Å²) in [6, 6.07) is 8.40. The fourth-order valence-corrected chi connectivity index (χ4v) is 2.66. The minimum atomic E-state index is 0.754. The summed E-state index contributed by atoms with van der Waals surface area (Å²) < 4.78 is 1.12. The maximum Gasteiger partial charge on any atom is 0.0594 e. The van der Waals surface area contributed by atoms with Crippen LogP contribution < -0.4 is 5.32 Å². The van der Waals surface area contributed by atoms with Crippen molar-refractivity contribution in [3.8, 4) is 0 Å². The van der Waals surface area contributed by atoms with E-state index in [2.05, 4.69) is 64.3 Å². The molecule has 1 N–H and O–H groups in total. The molecule has 0 bridgehead atoms. The predicted octanol–water partition coefficient (Wildman–Crippen LogP) is 4.38. The van der Waals surface area contributed by atoms with Gasteiger partial charge in [0.2, 0.25) is 0 Å². The van der Waals surface area contributed by atoms with E-state index in [1.54, 1.807) is 0 Å². The van der Waals surface area contributed by atoms with Gasteiger partial charge in [0.05, 0.1) is 12.2 Å². The van der Waals surface area contributed by atoms with Gasteiger partial charge in [0.25, 0.3) is 0 Å². The Morgan fingerprint density at radius 3 is 2.33 bits per heavy atom. The Balaban J connectivity index is 2.13.